The van der Waals surface area contributed by atoms with Gasteiger partial charge in [-0.25, -0.2) is 0 Å². The zero-order valence-corrected chi connectivity index (χ0v) is 16.1. The maximum atomic E-state index is 12.8. The van der Waals surface area contributed by atoms with Crippen LogP contribution in [0.4, 0.5) is 0 Å². The minimum Gasteiger partial charge on any atom is -0.496 e. The normalized spacial score (nSPS) is 17.6. The number of carbonyl (C=O) groups excluding carboxylic acids is 2. The third kappa shape index (κ3) is 5.09. The third-order valence-corrected chi connectivity index (χ3v) is 4.50. The van der Waals surface area contributed by atoms with E-state index in [0.717, 1.165) is 19.5 Å². The fraction of sp³-hybridized carbons (Fsp3) is 0.556. The summed E-state index contributed by atoms with van der Waals surface area (Å²) in [6, 6.07) is 6.63. The average Bonchev–Trinajstić information content (AvgIpc) is 3.12. The number of hydrogen-bond acceptors (Lipinski definition) is 4. The molecule has 0 spiro atoms. The summed E-state index contributed by atoms with van der Waals surface area (Å²) in [6.07, 6.45) is 0.938. The number of hydrogen-bond donors (Lipinski definition) is 2. The summed E-state index contributed by atoms with van der Waals surface area (Å²) in [7, 11) is 3.34. The second-order valence-corrected chi connectivity index (χ2v) is 6.49. The van der Waals surface area contributed by atoms with E-state index in [2.05, 4.69) is 10.6 Å². The summed E-state index contributed by atoms with van der Waals surface area (Å²) in [5, 5.41) is 6.14. The highest BCUT2D eigenvalue weighted by molar-refractivity contribution is 5.99. The van der Waals surface area contributed by atoms with Crippen molar-refractivity contribution < 1.29 is 14.3 Å². The molecule has 1 aliphatic heterocycles. The van der Waals surface area contributed by atoms with Crippen LogP contribution in [0.25, 0.3) is 0 Å². The molecular weight excluding hydrogens is 342 g/mol. The molecule has 2 rings (SSSR count). The van der Waals surface area contributed by atoms with Crippen LogP contribution in [0, 0.1) is 5.92 Å². The number of amides is 2. The Balaban J connectivity index is 0.00000312. The van der Waals surface area contributed by atoms with E-state index >= 15 is 0 Å². The number of benzene rings is 1. The smallest absolute Gasteiger partial charge is 0.255 e. The summed E-state index contributed by atoms with van der Waals surface area (Å²) in [5.74, 6) is 0.144. The van der Waals surface area contributed by atoms with Crippen molar-refractivity contribution >= 4 is 24.2 Å². The summed E-state index contributed by atoms with van der Waals surface area (Å²) in [6.45, 7) is 5.59. The van der Waals surface area contributed by atoms with Gasteiger partial charge >= 0.3 is 0 Å². The van der Waals surface area contributed by atoms with E-state index in [9.17, 15) is 9.59 Å². The van der Waals surface area contributed by atoms with Crippen molar-refractivity contribution in [2.45, 2.75) is 32.4 Å². The summed E-state index contributed by atoms with van der Waals surface area (Å²) < 4.78 is 5.23. The highest BCUT2D eigenvalue weighted by atomic mass is 35.5. The van der Waals surface area contributed by atoms with Crippen molar-refractivity contribution in [3.05, 3.63) is 29.8 Å². The van der Waals surface area contributed by atoms with Gasteiger partial charge in [0.25, 0.3) is 5.91 Å². The van der Waals surface area contributed by atoms with Gasteiger partial charge in [-0.3, -0.25) is 9.59 Å². The number of para-hydroxylation sites is 1. The Morgan fingerprint density at radius 2 is 2.00 bits per heavy atom. The van der Waals surface area contributed by atoms with Gasteiger partial charge < -0.3 is 20.3 Å². The molecule has 2 N–H and O–H groups in total. The first-order valence-electron chi connectivity index (χ1n) is 8.37. The molecule has 0 aromatic heterocycles. The van der Waals surface area contributed by atoms with Crippen molar-refractivity contribution in [1.29, 1.82) is 0 Å². The number of ether oxygens (including phenoxy) is 1. The molecule has 1 heterocycles. The lowest BCUT2D eigenvalue weighted by atomic mass is 10.0. The molecule has 2 unspecified atom stereocenters. The minimum absolute atomic E-state index is 0. The van der Waals surface area contributed by atoms with Crippen LogP contribution in [0.2, 0.25) is 0 Å². The van der Waals surface area contributed by atoms with E-state index in [1.54, 1.807) is 23.1 Å². The summed E-state index contributed by atoms with van der Waals surface area (Å²) >= 11 is 0. The molecule has 1 fully saturated rings. The first-order chi connectivity index (χ1) is 11.5. The number of nitrogens with zero attached hydrogens (tertiary/aromatic N) is 1. The van der Waals surface area contributed by atoms with E-state index in [4.69, 9.17) is 4.74 Å². The van der Waals surface area contributed by atoms with Gasteiger partial charge in [-0.05, 0) is 31.0 Å². The Bertz CT molecular complexity index is 589. The van der Waals surface area contributed by atoms with Crippen LogP contribution in [0.15, 0.2) is 24.3 Å². The van der Waals surface area contributed by atoms with Crippen LogP contribution >= 0.6 is 12.4 Å². The molecule has 0 bridgehead atoms. The van der Waals surface area contributed by atoms with E-state index < -0.39 is 6.04 Å². The molecule has 1 aromatic rings. The van der Waals surface area contributed by atoms with E-state index in [0.29, 0.717) is 11.3 Å². The van der Waals surface area contributed by atoms with Gasteiger partial charge in [0, 0.05) is 19.6 Å². The molecule has 6 nitrogen and oxygen atoms in total. The Morgan fingerprint density at radius 3 is 2.56 bits per heavy atom. The molecule has 25 heavy (non-hydrogen) atoms. The largest absolute Gasteiger partial charge is 0.496 e. The second-order valence-electron chi connectivity index (χ2n) is 6.49. The average molecular weight is 370 g/mol. The predicted octanol–water partition coefficient (Wildman–Crippen LogP) is 1.69. The van der Waals surface area contributed by atoms with Crippen LogP contribution < -0.4 is 15.4 Å². The van der Waals surface area contributed by atoms with E-state index in [1.807, 2.05) is 27.0 Å². The van der Waals surface area contributed by atoms with E-state index in [1.165, 1.54) is 7.11 Å². The molecule has 0 aliphatic carbocycles. The van der Waals surface area contributed by atoms with Crippen molar-refractivity contribution in [3.63, 3.8) is 0 Å². The maximum Gasteiger partial charge on any atom is 0.255 e. The predicted molar refractivity (Wildman–Crippen MR) is 100 cm³/mol. The molecule has 0 radical (unpaired) electrons. The standard InChI is InChI=1S/C18H27N3O3.ClH/c1-12(2)16(18(23)21(3)13-9-10-19-11-13)20-17(22)14-7-5-6-8-15(14)24-4;/h5-8,12-13,16,19H,9-11H2,1-4H3,(H,20,22);1H. The summed E-state index contributed by atoms with van der Waals surface area (Å²) in [5.41, 5.74) is 0.434. The van der Waals surface area contributed by atoms with Crippen LogP contribution in [0.5, 0.6) is 5.75 Å². The molecule has 2 atom stereocenters. The molecule has 1 aliphatic rings. The van der Waals surface area contributed by atoms with Crippen LogP contribution in [0.1, 0.15) is 30.6 Å². The molecule has 7 heteroatoms. The molecule has 2 amide bonds. The van der Waals surface area contributed by atoms with Crippen molar-refractivity contribution in [2.75, 3.05) is 27.2 Å². The van der Waals surface area contributed by atoms with Gasteiger partial charge in [0.2, 0.25) is 5.91 Å². The number of carbonyl (C=O) groups is 2. The lowest BCUT2D eigenvalue weighted by Gasteiger charge is -2.30. The molecule has 1 aromatic carbocycles. The highest BCUT2D eigenvalue weighted by Gasteiger charge is 2.32. The Kier molecular flexibility index (Phi) is 8.19. The van der Waals surface area contributed by atoms with Crippen LogP contribution in [0.3, 0.4) is 0 Å². The van der Waals surface area contributed by atoms with Gasteiger partial charge in [-0.15, -0.1) is 12.4 Å². The quantitative estimate of drug-likeness (QED) is 0.800. The SMILES string of the molecule is COc1ccccc1C(=O)NC(C(=O)N(C)C1CCNC1)C(C)C.Cl. The minimum atomic E-state index is -0.562. The first kappa shape index (κ1) is 21.3. The zero-order chi connectivity index (χ0) is 17.7. The monoisotopic (exact) mass is 369 g/mol. The molecule has 140 valence electrons. The fourth-order valence-electron chi connectivity index (χ4n) is 2.93. The highest BCUT2D eigenvalue weighted by Crippen LogP contribution is 2.18. The topological polar surface area (TPSA) is 70.7 Å². The van der Waals surface area contributed by atoms with Gasteiger partial charge in [0.15, 0.2) is 0 Å². The third-order valence-electron chi connectivity index (χ3n) is 4.50. The van der Waals surface area contributed by atoms with Crippen molar-refractivity contribution in [3.8, 4) is 5.75 Å². The second kappa shape index (κ2) is 9.63. The lowest BCUT2D eigenvalue weighted by Crippen LogP contribution is -2.53. The number of rotatable bonds is 6. The maximum absolute atomic E-state index is 12.8. The number of halogens is 1. The lowest BCUT2D eigenvalue weighted by molar-refractivity contribution is -0.134. The summed E-state index contributed by atoms with van der Waals surface area (Å²) in [4.78, 5) is 27.2. The number of nitrogens with one attached hydrogen (secondary N) is 2. The number of likely N-dealkylation sites (N-methyl/N-ethyl adjacent to an activating group) is 1. The zero-order valence-electron chi connectivity index (χ0n) is 15.2. The molecule has 0 saturated carbocycles. The van der Waals surface area contributed by atoms with Crippen LogP contribution in [-0.4, -0.2) is 56.0 Å². The van der Waals surface area contributed by atoms with E-state index in [-0.39, 0.29) is 36.2 Å². The first-order valence-corrected chi connectivity index (χ1v) is 8.37. The molecular formula is C18H28ClN3O3. The molecule has 1 saturated heterocycles. The Hall–Kier alpha value is -1.79. The number of methoxy groups -OCH3 is 1. The van der Waals surface area contributed by atoms with Crippen molar-refractivity contribution in [1.82, 2.24) is 15.5 Å². The van der Waals surface area contributed by atoms with Gasteiger partial charge in [0.05, 0.1) is 12.7 Å². The van der Waals surface area contributed by atoms with Gasteiger partial charge in [0.1, 0.15) is 11.8 Å². The Labute approximate surface area is 155 Å². The van der Waals surface area contributed by atoms with Crippen molar-refractivity contribution in [2.24, 2.45) is 5.92 Å². The van der Waals surface area contributed by atoms with Gasteiger partial charge in [-0.2, -0.15) is 0 Å². The fourth-order valence-corrected chi connectivity index (χ4v) is 2.93. The van der Waals surface area contributed by atoms with Gasteiger partial charge in [-0.1, -0.05) is 26.0 Å². The Morgan fingerprint density at radius 1 is 1.32 bits per heavy atom. The van der Waals surface area contributed by atoms with Crippen LogP contribution in [-0.2, 0) is 4.79 Å².